The molecule has 2 saturated heterocycles. The van der Waals surface area contributed by atoms with Gasteiger partial charge in [-0.15, -0.1) is 10.2 Å². The monoisotopic (exact) mass is 534 g/mol. The van der Waals surface area contributed by atoms with Gasteiger partial charge in [-0.05, 0) is 30.2 Å². The van der Waals surface area contributed by atoms with E-state index in [4.69, 9.17) is 9.47 Å². The molecule has 3 aromatic heterocycles. The highest BCUT2D eigenvalue weighted by molar-refractivity contribution is 5.89. The summed E-state index contributed by atoms with van der Waals surface area (Å²) in [6, 6.07) is 4.85. The van der Waals surface area contributed by atoms with Gasteiger partial charge in [0.25, 0.3) is 5.92 Å². The fraction of sp³-hybridized carbons (Fsp3) is 0.500. The van der Waals surface area contributed by atoms with E-state index < -0.39 is 31.4 Å². The fourth-order valence-electron chi connectivity index (χ4n) is 5.02. The second kappa shape index (κ2) is 9.66. The van der Waals surface area contributed by atoms with Crippen LogP contribution in [0.1, 0.15) is 12.5 Å². The average Bonchev–Trinajstić information content (AvgIpc) is 3.49. The summed E-state index contributed by atoms with van der Waals surface area (Å²) in [5.41, 5.74) is 2.86. The molecule has 0 unspecified atom stereocenters. The van der Waals surface area contributed by atoms with Crippen LogP contribution in [0.2, 0.25) is 0 Å². The van der Waals surface area contributed by atoms with Gasteiger partial charge in [0.1, 0.15) is 30.4 Å². The summed E-state index contributed by atoms with van der Waals surface area (Å²) in [5.74, 6) is -2.77. The molecule has 2 aliphatic rings. The van der Waals surface area contributed by atoms with E-state index in [-0.39, 0.29) is 30.8 Å². The summed E-state index contributed by atoms with van der Waals surface area (Å²) in [6.07, 6.45) is 1.90. The number of ether oxygens (including phenoxy) is 2. The van der Waals surface area contributed by atoms with Gasteiger partial charge in [0.2, 0.25) is 11.8 Å². The van der Waals surface area contributed by atoms with Gasteiger partial charge in [-0.2, -0.15) is 4.98 Å². The van der Waals surface area contributed by atoms with E-state index in [1.165, 1.54) is 16.3 Å². The van der Waals surface area contributed by atoms with Crippen LogP contribution in [0.15, 0.2) is 30.5 Å². The molecule has 4 aromatic rings. The van der Waals surface area contributed by atoms with Crippen molar-refractivity contribution in [1.29, 1.82) is 0 Å². The molecule has 38 heavy (non-hydrogen) atoms. The lowest BCUT2D eigenvalue weighted by molar-refractivity contribution is -0.131. The van der Waals surface area contributed by atoms with Crippen molar-refractivity contribution >= 4 is 22.5 Å². The van der Waals surface area contributed by atoms with Crippen molar-refractivity contribution in [2.45, 2.75) is 30.5 Å². The Labute approximate surface area is 214 Å². The topological polar surface area (TPSA) is 94.6 Å². The molecule has 0 radical (unpaired) electrons. The molecule has 0 aliphatic carbocycles. The Kier molecular flexibility index (Phi) is 6.30. The van der Waals surface area contributed by atoms with Crippen LogP contribution in [0.5, 0.6) is 5.88 Å². The van der Waals surface area contributed by atoms with Crippen molar-refractivity contribution in [2.24, 2.45) is 0 Å². The van der Waals surface area contributed by atoms with E-state index in [1.807, 2.05) is 0 Å². The maximum Gasteiger partial charge on any atom is 0.280 e. The number of benzene rings is 1. The number of anilines is 1. The van der Waals surface area contributed by atoms with Gasteiger partial charge in [0.15, 0.2) is 0 Å². The van der Waals surface area contributed by atoms with Crippen LogP contribution in [0.3, 0.4) is 0 Å². The molecule has 10 nitrogen and oxygen atoms in total. The van der Waals surface area contributed by atoms with E-state index in [2.05, 4.69) is 25.7 Å². The van der Waals surface area contributed by atoms with Crippen molar-refractivity contribution in [2.75, 3.05) is 52.1 Å². The zero-order chi connectivity index (χ0) is 26.4. The van der Waals surface area contributed by atoms with Crippen molar-refractivity contribution in [3.8, 4) is 17.0 Å². The van der Waals surface area contributed by atoms with Gasteiger partial charge in [-0.3, -0.25) is 4.90 Å². The predicted molar refractivity (Wildman–Crippen MR) is 130 cm³/mol. The van der Waals surface area contributed by atoms with E-state index in [0.717, 1.165) is 0 Å². The third kappa shape index (κ3) is 4.21. The number of likely N-dealkylation sites (tertiary alicyclic amines) is 1. The molecule has 2 aliphatic heterocycles. The lowest BCUT2D eigenvalue weighted by Gasteiger charge is -2.44. The molecule has 1 N–H and O–H groups in total. The number of piperidine rings is 1. The average molecular weight is 535 g/mol. The standard InChI is InChI=1S/C24H26F4N8O2/c1-37-22-21-17(14-2-3-18-19(8-14)36(33-31-18)15(9-25)10-26)4-7-35(21)32-23(30-22)29-20-5-6-34(13-24(20,27)28)16-11-38-12-16/h2-4,7-8,15-16,20H,5-6,9-13H2,1H3,(H,29,32)/t20-/m1/s1. The first-order valence-corrected chi connectivity index (χ1v) is 12.3. The number of hydrogen-bond acceptors (Lipinski definition) is 8. The number of alkyl halides is 4. The summed E-state index contributed by atoms with van der Waals surface area (Å²) in [6.45, 7) is -0.699. The van der Waals surface area contributed by atoms with Crippen LogP contribution in [-0.4, -0.2) is 99.3 Å². The van der Waals surface area contributed by atoms with Crippen LogP contribution in [0, 0.1) is 0 Å². The number of hydrogen-bond donors (Lipinski definition) is 1. The highest BCUT2D eigenvalue weighted by atomic mass is 19.3. The Balaban J connectivity index is 1.31. The Bertz CT molecular complexity index is 1450. The van der Waals surface area contributed by atoms with E-state index in [1.54, 1.807) is 35.4 Å². The molecular weight excluding hydrogens is 508 g/mol. The van der Waals surface area contributed by atoms with Gasteiger partial charge < -0.3 is 14.8 Å². The molecule has 0 amide bonds. The lowest BCUT2D eigenvalue weighted by atomic mass is 9.98. The third-order valence-electron chi connectivity index (χ3n) is 7.23. The third-order valence-corrected chi connectivity index (χ3v) is 7.23. The van der Waals surface area contributed by atoms with Crippen LogP contribution < -0.4 is 10.1 Å². The van der Waals surface area contributed by atoms with Crippen LogP contribution in [0.25, 0.3) is 27.7 Å². The molecule has 1 atom stereocenters. The summed E-state index contributed by atoms with van der Waals surface area (Å²) in [5, 5.41) is 15.1. The molecule has 5 heterocycles. The van der Waals surface area contributed by atoms with E-state index in [9.17, 15) is 17.6 Å². The molecule has 0 bridgehead atoms. The predicted octanol–water partition coefficient (Wildman–Crippen LogP) is 3.15. The minimum atomic E-state index is -2.98. The first kappa shape index (κ1) is 24.8. The summed E-state index contributed by atoms with van der Waals surface area (Å²) in [7, 11) is 1.44. The van der Waals surface area contributed by atoms with Gasteiger partial charge in [-0.25, -0.2) is 26.8 Å². The first-order chi connectivity index (χ1) is 18.4. The quantitative estimate of drug-likeness (QED) is 0.345. The molecular formula is C24H26F4N8O2. The van der Waals surface area contributed by atoms with Gasteiger partial charge in [0.05, 0.1) is 44.5 Å². The number of nitrogens with one attached hydrogen (secondary N) is 1. The summed E-state index contributed by atoms with van der Waals surface area (Å²) < 4.78 is 70.1. The van der Waals surface area contributed by atoms with Crippen molar-refractivity contribution in [3.63, 3.8) is 0 Å². The van der Waals surface area contributed by atoms with Crippen molar-refractivity contribution in [1.82, 2.24) is 34.5 Å². The molecule has 14 heteroatoms. The normalized spacial score (nSPS) is 20.3. The largest absolute Gasteiger partial charge is 0.479 e. The maximum absolute atomic E-state index is 15.0. The van der Waals surface area contributed by atoms with Crippen molar-refractivity contribution in [3.05, 3.63) is 30.5 Å². The Morgan fingerprint density at radius 1 is 1.21 bits per heavy atom. The molecule has 202 valence electrons. The number of rotatable bonds is 8. The lowest BCUT2D eigenvalue weighted by Crippen LogP contribution is -2.61. The van der Waals surface area contributed by atoms with Crippen LogP contribution >= 0.6 is 0 Å². The number of fused-ring (bicyclic) bond motifs is 2. The zero-order valence-corrected chi connectivity index (χ0v) is 20.5. The highest BCUT2D eigenvalue weighted by Crippen LogP contribution is 2.35. The number of aromatic nitrogens is 6. The van der Waals surface area contributed by atoms with Crippen LogP contribution in [-0.2, 0) is 4.74 Å². The van der Waals surface area contributed by atoms with Gasteiger partial charge >= 0.3 is 0 Å². The Hall–Kier alpha value is -3.52. The molecule has 0 saturated carbocycles. The summed E-state index contributed by atoms with van der Waals surface area (Å²) in [4.78, 5) is 6.15. The minimum Gasteiger partial charge on any atom is -0.479 e. The number of methoxy groups -OCH3 is 1. The van der Waals surface area contributed by atoms with E-state index in [0.29, 0.717) is 47.4 Å². The van der Waals surface area contributed by atoms with Crippen LogP contribution in [0.4, 0.5) is 23.5 Å². The Morgan fingerprint density at radius 2 is 2.03 bits per heavy atom. The number of halogens is 4. The zero-order valence-electron chi connectivity index (χ0n) is 20.5. The molecule has 2 fully saturated rings. The fourth-order valence-corrected chi connectivity index (χ4v) is 5.02. The smallest absolute Gasteiger partial charge is 0.280 e. The maximum atomic E-state index is 15.0. The second-order valence-electron chi connectivity index (χ2n) is 9.58. The number of nitrogens with zero attached hydrogens (tertiary/aromatic N) is 7. The minimum absolute atomic E-state index is 0.0214. The molecule has 1 aromatic carbocycles. The summed E-state index contributed by atoms with van der Waals surface area (Å²) >= 11 is 0. The highest BCUT2D eigenvalue weighted by Gasteiger charge is 2.47. The SMILES string of the molecule is COc1nc(N[C@@H]2CCN(C3COC3)CC2(F)F)nn2ccc(-c3ccc4nnn(C(CF)CF)c4c3)c12. The van der Waals surface area contributed by atoms with Crippen molar-refractivity contribution < 1.29 is 27.0 Å². The second-order valence-corrected chi connectivity index (χ2v) is 9.58. The van der Waals surface area contributed by atoms with E-state index >= 15 is 0 Å². The first-order valence-electron chi connectivity index (χ1n) is 12.3. The van der Waals surface area contributed by atoms with Gasteiger partial charge in [0, 0.05) is 18.3 Å². The molecule has 6 rings (SSSR count). The Morgan fingerprint density at radius 3 is 2.71 bits per heavy atom. The molecule has 0 spiro atoms. The van der Waals surface area contributed by atoms with Gasteiger partial charge in [-0.1, -0.05) is 11.3 Å².